The van der Waals surface area contributed by atoms with Gasteiger partial charge in [0.2, 0.25) is 0 Å². The predicted molar refractivity (Wildman–Crippen MR) is 172 cm³/mol. The monoisotopic (exact) mass is 624 g/mol. The Morgan fingerprint density at radius 3 is 2.44 bits per heavy atom. The number of phosphoric ester groups is 1. The molecule has 43 heavy (non-hydrogen) atoms. The van der Waals surface area contributed by atoms with Crippen LogP contribution in [-0.2, 0) is 23.1 Å². The Hall–Kier alpha value is -0.720. The van der Waals surface area contributed by atoms with Crippen molar-refractivity contribution in [2.45, 2.75) is 124 Å². The fraction of sp³-hybridized carbons (Fsp3) is 0.914. The zero-order chi connectivity index (χ0) is 31.8. The van der Waals surface area contributed by atoms with Crippen molar-refractivity contribution in [1.82, 2.24) is 0 Å². The summed E-state index contributed by atoms with van der Waals surface area (Å²) in [4.78, 5) is 23.0. The molecule has 2 unspecified atom stereocenters. The van der Waals surface area contributed by atoms with E-state index in [-0.39, 0.29) is 18.1 Å². The number of fused-ring (bicyclic) bond motifs is 5. The highest BCUT2D eigenvalue weighted by molar-refractivity contribution is 7.47. The molecule has 7 nitrogen and oxygen atoms in total. The highest BCUT2D eigenvalue weighted by atomic mass is 31.2. The molecule has 0 aromatic heterocycles. The number of likely N-dealkylation sites (N-methyl/N-ethyl adjacent to an activating group) is 1. The molecule has 3 fully saturated rings. The van der Waals surface area contributed by atoms with E-state index < -0.39 is 19.9 Å². The van der Waals surface area contributed by atoms with E-state index in [9.17, 15) is 14.3 Å². The van der Waals surface area contributed by atoms with Crippen molar-refractivity contribution in [2.75, 3.05) is 34.3 Å². The van der Waals surface area contributed by atoms with Crippen LogP contribution in [0, 0.1) is 46.3 Å². The van der Waals surface area contributed by atoms with Crippen LogP contribution in [0.2, 0.25) is 0 Å². The Bertz CT molecular complexity index is 1050. The molecule has 3 saturated carbocycles. The van der Waals surface area contributed by atoms with Gasteiger partial charge in [-0.25, -0.2) is 9.36 Å². The molecule has 4 aliphatic carbocycles. The van der Waals surface area contributed by atoms with E-state index >= 15 is 0 Å². The highest BCUT2D eigenvalue weighted by Crippen LogP contribution is 2.67. The third kappa shape index (κ3) is 8.17. The SMILES string of the molecule is CC(C)CCC[C@@H](C)[C@H]1CC[C@H]2[C@@H]3CC=C4CC(OC(=O)[C@H](C)OP(=O)(O)OCC[N+](C)(C)C)CC[C@]4(C)[C@H]3CC[C@]12C. The predicted octanol–water partition coefficient (Wildman–Crippen LogP) is 8.17. The Labute approximate surface area is 262 Å². The van der Waals surface area contributed by atoms with E-state index in [1.165, 1.54) is 57.4 Å². The molecule has 248 valence electrons. The van der Waals surface area contributed by atoms with Gasteiger partial charge in [0.1, 0.15) is 19.3 Å². The third-order valence-corrected chi connectivity index (χ3v) is 13.3. The van der Waals surface area contributed by atoms with Crippen molar-refractivity contribution in [2.24, 2.45) is 46.3 Å². The summed E-state index contributed by atoms with van der Waals surface area (Å²) < 4.78 is 29.1. The van der Waals surface area contributed by atoms with E-state index in [4.69, 9.17) is 13.8 Å². The summed E-state index contributed by atoms with van der Waals surface area (Å²) in [6, 6.07) is 0. The second-order valence-corrected chi connectivity index (χ2v) is 18.1. The van der Waals surface area contributed by atoms with Gasteiger partial charge in [-0.2, -0.15) is 0 Å². The van der Waals surface area contributed by atoms with Crippen LogP contribution in [0.1, 0.15) is 112 Å². The fourth-order valence-corrected chi connectivity index (χ4v) is 10.6. The second kappa shape index (κ2) is 13.6. The summed E-state index contributed by atoms with van der Waals surface area (Å²) in [5.41, 5.74) is 2.12. The molecular weight excluding hydrogens is 561 g/mol. The lowest BCUT2D eigenvalue weighted by Gasteiger charge is -2.58. The number of carbonyl (C=O) groups excluding carboxylic acids is 1. The zero-order valence-corrected chi connectivity index (χ0v) is 29.7. The molecule has 4 rings (SSSR count). The summed E-state index contributed by atoms with van der Waals surface area (Å²) >= 11 is 0. The number of rotatable bonds is 13. The second-order valence-electron chi connectivity index (χ2n) is 16.7. The Kier molecular flexibility index (Phi) is 11.1. The lowest BCUT2D eigenvalue weighted by atomic mass is 9.47. The van der Waals surface area contributed by atoms with Gasteiger partial charge in [0.15, 0.2) is 6.10 Å². The van der Waals surface area contributed by atoms with Crippen LogP contribution >= 0.6 is 7.82 Å². The van der Waals surface area contributed by atoms with Gasteiger partial charge < -0.3 is 14.1 Å². The van der Waals surface area contributed by atoms with Crippen LogP contribution in [-0.4, -0.2) is 61.8 Å². The molecule has 0 spiro atoms. The molecule has 0 amide bonds. The van der Waals surface area contributed by atoms with Crippen molar-refractivity contribution in [3.05, 3.63) is 11.6 Å². The van der Waals surface area contributed by atoms with E-state index in [1.54, 1.807) is 0 Å². The molecule has 0 saturated heterocycles. The minimum atomic E-state index is -4.35. The molecule has 8 heteroatoms. The Morgan fingerprint density at radius 1 is 1.05 bits per heavy atom. The number of allylic oxidation sites excluding steroid dienone is 1. The third-order valence-electron chi connectivity index (χ3n) is 12.2. The molecule has 0 aromatic carbocycles. The largest absolute Gasteiger partial charge is 0.473 e. The average molecular weight is 625 g/mol. The first-order valence-electron chi connectivity index (χ1n) is 17.3. The molecule has 1 N–H and O–H groups in total. The number of phosphoric acid groups is 1. The number of hydrogen-bond acceptors (Lipinski definition) is 5. The van der Waals surface area contributed by atoms with E-state index in [0.29, 0.717) is 22.4 Å². The van der Waals surface area contributed by atoms with Crippen LogP contribution in [0.25, 0.3) is 0 Å². The van der Waals surface area contributed by atoms with Crippen LogP contribution in [0.5, 0.6) is 0 Å². The lowest BCUT2D eigenvalue weighted by molar-refractivity contribution is -0.870. The van der Waals surface area contributed by atoms with Crippen molar-refractivity contribution < 1.29 is 32.5 Å². The van der Waals surface area contributed by atoms with Crippen LogP contribution in [0.3, 0.4) is 0 Å². The lowest BCUT2D eigenvalue weighted by Crippen LogP contribution is -2.51. The molecule has 10 atom stereocenters. The molecule has 0 bridgehead atoms. The Morgan fingerprint density at radius 2 is 1.77 bits per heavy atom. The summed E-state index contributed by atoms with van der Waals surface area (Å²) in [5, 5.41) is 0. The van der Waals surface area contributed by atoms with Crippen LogP contribution < -0.4 is 0 Å². The first-order chi connectivity index (χ1) is 19.9. The Balaban J connectivity index is 1.33. The number of carbonyl (C=O) groups is 1. The van der Waals surface area contributed by atoms with Crippen molar-refractivity contribution in [3.63, 3.8) is 0 Å². The van der Waals surface area contributed by atoms with Crippen LogP contribution in [0.15, 0.2) is 11.6 Å². The van der Waals surface area contributed by atoms with Gasteiger partial charge in [0.05, 0.1) is 21.1 Å². The van der Waals surface area contributed by atoms with Gasteiger partial charge in [0, 0.05) is 6.42 Å². The topological polar surface area (TPSA) is 82.1 Å². The summed E-state index contributed by atoms with van der Waals surface area (Å²) in [7, 11) is 1.55. The number of esters is 1. The number of ether oxygens (including phenoxy) is 1. The summed E-state index contributed by atoms with van der Waals surface area (Å²) in [6.07, 6.45) is 14.4. The van der Waals surface area contributed by atoms with Crippen molar-refractivity contribution >= 4 is 13.8 Å². The average Bonchev–Trinajstić information content (AvgIpc) is 3.24. The maximum absolute atomic E-state index is 12.9. The normalized spacial score (nSPS) is 37.0. The summed E-state index contributed by atoms with van der Waals surface area (Å²) in [6.45, 7) is 14.4. The standard InChI is InChI=1S/C35H62NO6P/c1-24(2)11-10-12-25(3)30-15-16-31-29-14-13-27-23-28(17-19-34(27,5)32(29)18-20-35(30,31)6)41-33(37)26(4)42-43(38,39)40-22-21-36(7,8)9/h13,24-26,28-32H,10-12,14-23H2,1-9H3/p+1/t25-,26+,28?,29+,30-,31+,32+,34+,35-/m1/s1. The quantitative estimate of drug-likeness (QED) is 0.0964. The smallest absolute Gasteiger partial charge is 0.460 e. The minimum absolute atomic E-state index is 0.0640. The highest BCUT2D eigenvalue weighted by Gasteiger charge is 2.59. The molecule has 0 aliphatic heterocycles. The maximum atomic E-state index is 12.9. The zero-order valence-electron chi connectivity index (χ0n) is 28.8. The van der Waals surface area contributed by atoms with Gasteiger partial charge in [-0.15, -0.1) is 0 Å². The molecule has 4 aliphatic rings. The van der Waals surface area contributed by atoms with E-state index in [0.717, 1.165) is 55.3 Å². The molecular formula is C35H63NO6P+. The van der Waals surface area contributed by atoms with Gasteiger partial charge in [-0.1, -0.05) is 65.5 Å². The first-order valence-corrected chi connectivity index (χ1v) is 18.8. The van der Waals surface area contributed by atoms with E-state index in [2.05, 4.69) is 40.7 Å². The van der Waals surface area contributed by atoms with E-state index in [1.807, 2.05) is 21.1 Å². The number of hydrogen-bond donors (Lipinski definition) is 1. The molecule has 0 radical (unpaired) electrons. The van der Waals surface area contributed by atoms with Gasteiger partial charge in [-0.3, -0.25) is 9.05 Å². The first kappa shape index (κ1) is 35.1. The van der Waals surface area contributed by atoms with Gasteiger partial charge in [0.25, 0.3) is 0 Å². The van der Waals surface area contributed by atoms with Crippen molar-refractivity contribution in [1.29, 1.82) is 0 Å². The minimum Gasteiger partial charge on any atom is -0.460 e. The maximum Gasteiger partial charge on any atom is 0.473 e. The van der Waals surface area contributed by atoms with Gasteiger partial charge in [-0.05, 0) is 98.2 Å². The summed E-state index contributed by atoms with van der Waals surface area (Å²) in [5.74, 6) is 4.19. The number of nitrogens with zero attached hydrogens (tertiary/aromatic N) is 1. The van der Waals surface area contributed by atoms with Crippen LogP contribution in [0.4, 0.5) is 0 Å². The molecule has 0 aromatic rings. The molecule has 0 heterocycles. The number of quaternary nitrogens is 1. The van der Waals surface area contributed by atoms with Gasteiger partial charge >= 0.3 is 13.8 Å². The van der Waals surface area contributed by atoms with Crippen molar-refractivity contribution in [3.8, 4) is 0 Å². The fourth-order valence-electron chi connectivity index (χ4n) is 9.72.